The van der Waals surface area contributed by atoms with Gasteiger partial charge in [-0.15, -0.1) is 23.2 Å². The molecule has 0 radical (unpaired) electrons. The van der Waals surface area contributed by atoms with Gasteiger partial charge in [0.25, 0.3) is 5.91 Å². The summed E-state index contributed by atoms with van der Waals surface area (Å²) in [5.41, 5.74) is 5.31. The van der Waals surface area contributed by atoms with Crippen LogP contribution in [-0.2, 0) is 9.59 Å². The molecule has 3 fully saturated rings. The van der Waals surface area contributed by atoms with Crippen LogP contribution in [0.5, 0.6) is 0 Å². The van der Waals surface area contributed by atoms with Crippen LogP contribution in [0.1, 0.15) is 19.3 Å². The van der Waals surface area contributed by atoms with Crippen LogP contribution in [0.3, 0.4) is 0 Å². The van der Waals surface area contributed by atoms with Gasteiger partial charge in [-0.05, 0) is 25.2 Å². The SMILES string of the molecule is O=C1NNCC(N2CCN(CC3CCC(F)CC3Cl)C(=O)C2)C1Cl. The van der Waals surface area contributed by atoms with Crippen molar-refractivity contribution in [1.82, 2.24) is 20.7 Å². The highest BCUT2D eigenvalue weighted by atomic mass is 35.5. The fourth-order valence-corrected chi connectivity index (χ4v) is 4.43. The lowest BCUT2D eigenvalue weighted by molar-refractivity contribution is -0.139. The first-order chi connectivity index (χ1) is 11.5. The zero-order valence-corrected chi connectivity index (χ0v) is 14.9. The van der Waals surface area contributed by atoms with Gasteiger partial charge in [0.2, 0.25) is 5.91 Å². The largest absolute Gasteiger partial charge is 0.340 e. The molecule has 6 nitrogen and oxygen atoms in total. The average molecular weight is 381 g/mol. The number of nitrogens with one attached hydrogen (secondary N) is 2. The van der Waals surface area contributed by atoms with Crippen LogP contribution < -0.4 is 10.9 Å². The number of alkyl halides is 3. The summed E-state index contributed by atoms with van der Waals surface area (Å²) >= 11 is 12.4. The molecule has 0 bridgehead atoms. The predicted molar refractivity (Wildman–Crippen MR) is 89.6 cm³/mol. The van der Waals surface area contributed by atoms with Crippen molar-refractivity contribution >= 4 is 35.0 Å². The Morgan fingerprint density at radius 3 is 2.71 bits per heavy atom. The Balaban J connectivity index is 1.54. The molecule has 1 saturated carbocycles. The number of carbonyl (C=O) groups is 2. The summed E-state index contributed by atoms with van der Waals surface area (Å²) in [7, 11) is 0. The van der Waals surface area contributed by atoms with Gasteiger partial charge in [0.15, 0.2) is 0 Å². The highest BCUT2D eigenvalue weighted by Gasteiger charge is 2.39. The van der Waals surface area contributed by atoms with Gasteiger partial charge in [0, 0.05) is 37.6 Å². The van der Waals surface area contributed by atoms with Gasteiger partial charge in [-0.1, -0.05) is 0 Å². The third-order valence-electron chi connectivity index (χ3n) is 5.23. The molecular formula is C15H23Cl2FN4O2. The molecule has 0 aromatic carbocycles. The maximum absolute atomic E-state index is 13.4. The Labute approximate surface area is 151 Å². The fourth-order valence-electron chi connectivity index (χ4n) is 3.73. The number of carbonyl (C=O) groups excluding carboxylic acids is 2. The van der Waals surface area contributed by atoms with Crippen molar-refractivity contribution in [3.8, 4) is 0 Å². The van der Waals surface area contributed by atoms with Gasteiger partial charge in [-0.2, -0.15) is 0 Å². The van der Waals surface area contributed by atoms with Crippen molar-refractivity contribution < 1.29 is 14.0 Å². The minimum atomic E-state index is -0.818. The van der Waals surface area contributed by atoms with E-state index in [-0.39, 0.29) is 35.7 Å². The van der Waals surface area contributed by atoms with E-state index in [9.17, 15) is 14.0 Å². The van der Waals surface area contributed by atoms with Crippen molar-refractivity contribution in [3.63, 3.8) is 0 Å². The molecule has 9 heteroatoms. The number of hydrogen-bond acceptors (Lipinski definition) is 4. The molecule has 3 rings (SSSR count). The van der Waals surface area contributed by atoms with Gasteiger partial charge in [0.1, 0.15) is 11.5 Å². The molecule has 3 aliphatic rings. The number of rotatable bonds is 3. The van der Waals surface area contributed by atoms with E-state index in [1.807, 2.05) is 9.80 Å². The lowest BCUT2D eigenvalue weighted by Crippen LogP contribution is -2.65. The maximum atomic E-state index is 13.4. The van der Waals surface area contributed by atoms with Gasteiger partial charge >= 0.3 is 0 Å². The van der Waals surface area contributed by atoms with Crippen molar-refractivity contribution in [2.75, 3.05) is 32.7 Å². The summed E-state index contributed by atoms with van der Waals surface area (Å²) in [5.74, 6) is -0.102. The van der Waals surface area contributed by atoms with Crippen molar-refractivity contribution in [3.05, 3.63) is 0 Å². The van der Waals surface area contributed by atoms with Crippen molar-refractivity contribution in [2.24, 2.45) is 5.92 Å². The summed E-state index contributed by atoms with van der Waals surface area (Å²) in [6.07, 6.45) is 0.803. The van der Waals surface area contributed by atoms with Crippen LogP contribution >= 0.6 is 23.2 Å². The predicted octanol–water partition coefficient (Wildman–Crippen LogP) is 0.487. The monoisotopic (exact) mass is 380 g/mol. The molecular weight excluding hydrogens is 358 g/mol. The van der Waals surface area contributed by atoms with Crippen LogP contribution in [0, 0.1) is 5.92 Å². The first-order valence-electron chi connectivity index (χ1n) is 8.42. The van der Waals surface area contributed by atoms with Crippen LogP contribution in [0.2, 0.25) is 0 Å². The summed E-state index contributed by atoms with van der Waals surface area (Å²) < 4.78 is 13.4. The van der Waals surface area contributed by atoms with Crippen LogP contribution in [-0.4, -0.2) is 77.3 Å². The minimum Gasteiger partial charge on any atom is -0.340 e. The molecule has 1 aliphatic carbocycles. The second kappa shape index (κ2) is 7.72. The van der Waals surface area contributed by atoms with E-state index in [2.05, 4.69) is 10.9 Å². The second-order valence-corrected chi connectivity index (χ2v) is 7.87. The van der Waals surface area contributed by atoms with E-state index >= 15 is 0 Å². The molecule has 2 N–H and O–H groups in total. The molecule has 0 aromatic heterocycles. The van der Waals surface area contributed by atoms with E-state index in [1.54, 1.807) is 0 Å². The molecule has 24 heavy (non-hydrogen) atoms. The summed E-state index contributed by atoms with van der Waals surface area (Å²) in [6, 6.07) is -0.200. The molecule has 0 aromatic rings. The lowest BCUT2D eigenvalue weighted by Gasteiger charge is -2.43. The third kappa shape index (κ3) is 3.95. The van der Waals surface area contributed by atoms with Gasteiger partial charge < -0.3 is 4.90 Å². The first kappa shape index (κ1) is 18.2. The third-order valence-corrected chi connectivity index (χ3v) is 6.25. The molecule has 2 amide bonds. The molecule has 5 unspecified atom stereocenters. The van der Waals surface area contributed by atoms with Crippen LogP contribution in [0.15, 0.2) is 0 Å². The first-order valence-corrected chi connectivity index (χ1v) is 9.29. The molecule has 2 heterocycles. The summed E-state index contributed by atoms with van der Waals surface area (Å²) in [5, 5.41) is -0.879. The molecule has 2 aliphatic heterocycles. The van der Waals surface area contributed by atoms with E-state index in [1.165, 1.54) is 0 Å². The molecule has 2 saturated heterocycles. The van der Waals surface area contributed by atoms with E-state index in [4.69, 9.17) is 23.2 Å². The van der Waals surface area contributed by atoms with Gasteiger partial charge in [-0.3, -0.25) is 19.9 Å². The Morgan fingerprint density at radius 1 is 1.21 bits per heavy atom. The van der Waals surface area contributed by atoms with Gasteiger partial charge in [-0.25, -0.2) is 9.82 Å². The number of nitrogens with zero attached hydrogens (tertiary/aromatic N) is 2. The highest BCUT2D eigenvalue weighted by molar-refractivity contribution is 6.31. The zero-order chi connectivity index (χ0) is 17.3. The Bertz CT molecular complexity index is 498. The smallest absolute Gasteiger partial charge is 0.253 e. The van der Waals surface area contributed by atoms with E-state index < -0.39 is 11.5 Å². The van der Waals surface area contributed by atoms with Crippen LogP contribution in [0.25, 0.3) is 0 Å². The average Bonchev–Trinajstić information content (AvgIpc) is 2.54. The number of hydrogen-bond donors (Lipinski definition) is 2. The van der Waals surface area contributed by atoms with E-state index in [0.717, 1.165) is 6.42 Å². The van der Waals surface area contributed by atoms with Gasteiger partial charge in [0.05, 0.1) is 6.54 Å². The second-order valence-electron chi connectivity index (χ2n) is 6.84. The van der Waals surface area contributed by atoms with Crippen molar-refractivity contribution in [1.29, 1.82) is 0 Å². The summed E-state index contributed by atoms with van der Waals surface area (Å²) in [4.78, 5) is 27.9. The Kier molecular flexibility index (Phi) is 5.85. The maximum Gasteiger partial charge on any atom is 0.253 e. The number of amides is 2. The molecule has 136 valence electrons. The summed E-state index contributed by atoms with van der Waals surface area (Å²) in [6.45, 7) is 2.59. The van der Waals surface area contributed by atoms with Crippen molar-refractivity contribution in [2.45, 2.75) is 42.2 Å². The molecule has 0 spiro atoms. The van der Waals surface area contributed by atoms with E-state index in [0.29, 0.717) is 39.0 Å². The quantitative estimate of drug-likeness (QED) is 0.699. The zero-order valence-electron chi connectivity index (χ0n) is 13.4. The lowest BCUT2D eigenvalue weighted by atomic mass is 9.87. The fraction of sp³-hybridized carbons (Fsp3) is 0.867. The van der Waals surface area contributed by atoms with Crippen LogP contribution in [0.4, 0.5) is 4.39 Å². The Morgan fingerprint density at radius 2 is 2.00 bits per heavy atom. The number of hydrazine groups is 1. The normalized spacial score (nSPS) is 39.0. The minimum absolute atomic E-state index is 0.0161. The highest BCUT2D eigenvalue weighted by Crippen LogP contribution is 2.31. The number of halogens is 3. The Hall–Kier alpha value is -0.630. The topological polar surface area (TPSA) is 64.7 Å². The standard InChI is InChI=1S/C15H23Cl2FN4O2/c16-11-5-10(18)2-1-9(11)7-22-4-3-21(8-13(22)23)12-6-19-20-15(24)14(12)17/h9-12,14,19H,1-8H2,(H,20,24). The molecule has 5 atom stereocenters. The number of piperazine rings is 1.